The van der Waals surface area contributed by atoms with Crippen LogP contribution in [-0.4, -0.2) is 33.7 Å². The lowest BCUT2D eigenvalue weighted by Crippen LogP contribution is -2.09. The van der Waals surface area contributed by atoms with Crippen LogP contribution in [-0.2, 0) is 13.0 Å². The third-order valence-electron chi connectivity index (χ3n) is 4.22. The van der Waals surface area contributed by atoms with Gasteiger partial charge in [-0.25, -0.2) is 15.0 Å². The number of hydrogen-bond donors (Lipinski definition) is 1. The maximum absolute atomic E-state index is 6.05. The van der Waals surface area contributed by atoms with Crippen LogP contribution in [0.5, 0.6) is 11.5 Å². The Labute approximate surface area is 170 Å². The third-order valence-corrected chi connectivity index (χ3v) is 6.06. The van der Waals surface area contributed by atoms with E-state index in [-0.39, 0.29) is 0 Å². The molecular weight excluding hydrogens is 394 g/mol. The molecule has 0 bridgehead atoms. The number of aryl methyl sites for hydroxylation is 2. The van der Waals surface area contributed by atoms with Crippen LogP contribution in [0.25, 0.3) is 11.5 Å². The molecule has 144 valence electrons. The van der Waals surface area contributed by atoms with Gasteiger partial charge in [-0.15, -0.1) is 11.3 Å². The highest BCUT2D eigenvalue weighted by Crippen LogP contribution is 2.38. The monoisotopic (exact) mass is 413 g/mol. The Morgan fingerprint density at radius 1 is 1.18 bits per heavy atom. The van der Waals surface area contributed by atoms with Crippen LogP contribution >= 0.6 is 23.1 Å². The van der Waals surface area contributed by atoms with Gasteiger partial charge in [-0.2, -0.15) is 0 Å². The Balaban J connectivity index is 1.64. The second-order valence-electron chi connectivity index (χ2n) is 5.95. The molecule has 2 aromatic rings. The number of hydrogen-bond acceptors (Lipinski definition) is 8. The molecule has 3 heterocycles. The first-order chi connectivity index (χ1) is 13.7. The molecule has 0 aliphatic carbocycles. The van der Waals surface area contributed by atoms with E-state index < -0.39 is 0 Å². The number of fused-ring (bicyclic) bond motifs is 1. The van der Waals surface area contributed by atoms with Crippen molar-refractivity contribution in [3.05, 3.63) is 46.9 Å². The number of anilines is 1. The molecule has 7 nitrogen and oxygen atoms in total. The number of nitrogen functional groups attached to an aromatic ring is 1. The van der Waals surface area contributed by atoms with Crippen LogP contribution in [0.15, 0.2) is 52.1 Å². The quantitative estimate of drug-likeness (QED) is 0.492. The van der Waals surface area contributed by atoms with Crippen molar-refractivity contribution in [1.82, 2.24) is 19.5 Å². The van der Waals surface area contributed by atoms with E-state index in [0.717, 1.165) is 35.2 Å². The fourth-order valence-corrected chi connectivity index (χ4v) is 4.38. The van der Waals surface area contributed by atoms with Crippen molar-refractivity contribution in [3.63, 3.8) is 0 Å². The second kappa shape index (κ2) is 8.07. The Morgan fingerprint density at radius 3 is 2.82 bits per heavy atom. The average Bonchev–Trinajstić information content (AvgIpc) is 3.38. The molecule has 0 atom stereocenters. The highest BCUT2D eigenvalue weighted by molar-refractivity contribution is 7.99. The van der Waals surface area contributed by atoms with E-state index >= 15 is 0 Å². The number of ether oxygens (including phenoxy) is 2. The minimum absolute atomic E-state index is 0.374. The first-order valence-electron chi connectivity index (χ1n) is 8.58. The lowest BCUT2D eigenvalue weighted by Gasteiger charge is -2.10. The molecule has 2 aliphatic heterocycles. The van der Waals surface area contributed by atoms with Crippen molar-refractivity contribution in [2.45, 2.75) is 23.0 Å². The molecule has 0 spiro atoms. The number of imidazole rings is 1. The lowest BCUT2D eigenvalue weighted by atomic mass is 10.3. The first kappa shape index (κ1) is 18.6. The van der Waals surface area contributed by atoms with Crippen LogP contribution in [0.3, 0.4) is 0 Å². The zero-order valence-corrected chi connectivity index (χ0v) is 17.1. The van der Waals surface area contributed by atoms with Crippen molar-refractivity contribution in [2.75, 3.05) is 20.0 Å². The molecule has 0 saturated carbocycles. The fraction of sp³-hybridized carbons (Fsp3) is 0.211. The van der Waals surface area contributed by atoms with E-state index in [2.05, 4.69) is 27.5 Å². The average molecular weight is 414 g/mol. The Hall–Kier alpha value is -2.78. The van der Waals surface area contributed by atoms with E-state index in [4.69, 9.17) is 20.2 Å². The summed E-state index contributed by atoms with van der Waals surface area (Å²) in [5, 5.41) is 2.67. The van der Waals surface area contributed by atoms with Gasteiger partial charge in [-0.3, -0.25) is 0 Å². The van der Waals surface area contributed by atoms with Gasteiger partial charge in [0.15, 0.2) is 22.5 Å². The maximum Gasteiger partial charge on any atom is 0.195 e. The van der Waals surface area contributed by atoms with Gasteiger partial charge >= 0.3 is 0 Å². The van der Waals surface area contributed by atoms with Crippen molar-refractivity contribution in [2.24, 2.45) is 0 Å². The number of aromatic nitrogens is 4. The van der Waals surface area contributed by atoms with Crippen LogP contribution in [0.4, 0.5) is 5.82 Å². The highest BCUT2D eigenvalue weighted by Gasteiger charge is 2.20. The van der Waals surface area contributed by atoms with Gasteiger partial charge in [-0.1, -0.05) is 6.07 Å². The van der Waals surface area contributed by atoms with Crippen LogP contribution in [0.1, 0.15) is 4.88 Å². The summed E-state index contributed by atoms with van der Waals surface area (Å²) in [4.78, 5) is 15.8. The molecule has 0 unspecified atom stereocenters. The predicted octanol–water partition coefficient (Wildman–Crippen LogP) is 3.83. The molecule has 1 aromatic carbocycles. The van der Waals surface area contributed by atoms with Gasteiger partial charge < -0.3 is 19.8 Å². The van der Waals surface area contributed by atoms with Gasteiger partial charge in [0.05, 0.1) is 25.4 Å². The number of nitrogens with zero attached hydrogens (tertiary/aromatic N) is 4. The fourth-order valence-electron chi connectivity index (χ4n) is 2.79. The van der Waals surface area contributed by atoms with Crippen LogP contribution in [0.2, 0.25) is 0 Å². The minimum Gasteiger partial charge on any atom is -0.497 e. The molecule has 0 fully saturated rings. The molecule has 4 rings (SSSR count). The minimum atomic E-state index is 0.374. The number of rotatable bonds is 7. The summed E-state index contributed by atoms with van der Waals surface area (Å²) in [6, 6.07) is 9.80. The normalized spacial score (nSPS) is 11.1. The predicted molar refractivity (Wildman–Crippen MR) is 111 cm³/mol. The smallest absolute Gasteiger partial charge is 0.195 e. The van der Waals surface area contributed by atoms with Gasteiger partial charge in [0.1, 0.15) is 11.5 Å². The van der Waals surface area contributed by atoms with Crippen LogP contribution in [0, 0.1) is 0 Å². The number of benzene rings is 1. The standard InChI is InChI=1S/C19H19N5O2S2/c1-25-12-5-6-14(26-2)15(10-12)28-19-22-16-17(20)21-11-24(18(16)23-19)8-7-13-4-3-9-27-13/h3-6,9-11H,7-8,20H2,1-2H3. The third kappa shape index (κ3) is 3.76. The zero-order valence-electron chi connectivity index (χ0n) is 15.5. The molecule has 2 N–H and O–H groups in total. The molecule has 9 heteroatoms. The van der Waals surface area contributed by atoms with Crippen molar-refractivity contribution >= 4 is 28.9 Å². The summed E-state index contributed by atoms with van der Waals surface area (Å²) in [6.45, 7) is 0.759. The van der Waals surface area contributed by atoms with Gasteiger partial charge in [0, 0.05) is 11.4 Å². The molecule has 28 heavy (non-hydrogen) atoms. The summed E-state index contributed by atoms with van der Waals surface area (Å²) >= 11 is 3.15. The molecular formula is C19H19N5O2S2. The number of nitrogens with two attached hydrogens (primary N) is 1. The zero-order chi connectivity index (χ0) is 19.5. The Morgan fingerprint density at radius 2 is 2.07 bits per heavy atom. The lowest BCUT2D eigenvalue weighted by molar-refractivity contribution is 0.394. The summed E-state index contributed by atoms with van der Waals surface area (Å²) < 4.78 is 12.8. The Kier molecular flexibility index (Phi) is 5.36. The van der Waals surface area contributed by atoms with E-state index in [9.17, 15) is 0 Å². The van der Waals surface area contributed by atoms with E-state index in [1.54, 1.807) is 31.9 Å². The Bertz CT molecular complexity index is 1050. The molecule has 2 aliphatic rings. The van der Waals surface area contributed by atoms with Crippen LogP contribution < -0.4 is 15.2 Å². The number of thiophene rings is 1. The molecule has 1 aromatic heterocycles. The van der Waals surface area contributed by atoms with Crippen molar-refractivity contribution < 1.29 is 9.47 Å². The van der Waals surface area contributed by atoms with E-state index in [1.165, 1.54) is 16.6 Å². The summed E-state index contributed by atoms with van der Waals surface area (Å²) in [7, 11) is 3.26. The second-order valence-corrected chi connectivity index (χ2v) is 7.99. The first-order valence-corrected chi connectivity index (χ1v) is 10.3. The SMILES string of the molecule is COc1ccc(OC)c(Sc2nc3c(N)ncn(CCc4cccs4)c-3n2)c1. The molecule has 0 saturated heterocycles. The van der Waals surface area contributed by atoms with Gasteiger partial charge in [0.25, 0.3) is 0 Å². The summed E-state index contributed by atoms with van der Waals surface area (Å²) in [6.07, 6.45) is 2.63. The van der Waals surface area contributed by atoms with Gasteiger partial charge in [-0.05, 0) is 47.8 Å². The van der Waals surface area contributed by atoms with Gasteiger partial charge in [0.2, 0.25) is 0 Å². The molecule has 0 radical (unpaired) electrons. The summed E-state index contributed by atoms with van der Waals surface area (Å²) in [5.41, 5.74) is 6.65. The van der Waals surface area contributed by atoms with Crippen molar-refractivity contribution in [3.8, 4) is 23.0 Å². The highest BCUT2D eigenvalue weighted by atomic mass is 32.2. The maximum atomic E-state index is 6.05. The largest absolute Gasteiger partial charge is 0.497 e. The topological polar surface area (TPSA) is 88.1 Å². The van der Waals surface area contributed by atoms with Crippen molar-refractivity contribution in [1.29, 1.82) is 0 Å². The van der Waals surface area contributed by atoms with E-state index in [1.807, 2.05) is 22.8 Å². The van der Waals surface area contributed by atoms with E-state index in [0.29, 0.717) is 16.7 Å². The molecule has 0 amide bonds. The number of methoxy groups -OCH3 is 2. The summed E-state index contributed by atoms with van der Waals surface area (Å²) in [5.74, 6) is 2.58.